The molecule has 1 aliphatic rings. The van der Waals surface area contributed by atoms with Crippen LogP contribution in [0.2, 0.25) is 0 Å². The molecule has 17 heavy (non-hydrogen) atoms. The van der Waals surface area contributed by atoms with E-state index in [0.717, 1.165) is 39.0 Å². The van der Waals surface area contributed by atoms with Crippen molar-refractivity contribution in [3.05, 3.63) is 0 Å². The van der Waals surface area contributed by atoms with E-state index < -0.39 is 0 Å². The van der Waals surface area contributed by atoms with Crippen LogP contribution >= 0.6 is 0 Å². The maximum absolute atomic E-state index is 8.92. The first kappa shape index (κ1) is 14.5. The largest absolute Gasteiger partial charge is 0.396 e. The van der Waals surface area contributed by atoms with E-state index >= 15 is 0 Å². The molecule has 0 bridgehead atoms. The van der Waals surface area contributed by atoms with Gasteiger partial charge in [-0.1, -0.05) is 12.8 Å². The fraction of sp³-hybridized carbons (Fsp3) is 0.857. The summed E-state index contributed by atoms with van der Waals surface area (Å²) in [5.41, 5.74) is 0. The van der Waals surface area contributed by atoms with E-state index in [1.54, 1.807) is 0 Å². The summed E-state index contributed by atoms with van der Waals surface area (Å²) in [4.78, 5) is 2.34. The lowest BCUT2D eigenvalue weighted by atomic mass is 10.0. The molecule has 2 N–H and O–H groups in total. The summed E-state index contributed by atoms with van der Waals surface area (Å²) in [5, 5.41) is 12.5. The molecule has 1 atom stereocenters. The molecule has 1 fully saturated rings. The topological polar surface area (TPSA) is 35.5 Å². The SMILES string of the molecule is C#CCN1CCC(NCCCC(C)CO)CC1. The third-order valence-corrected chi connectivity index (χ3v) is 3.52. The Morgan fingerprint density at radius 2 is 2.18 bits per heavy atom. The monoisotopic (exact) mass is 238 g/mol. The van der Waals surface area contributed by atoms with Crippen molar-refractivity contribution < 1.29 is 5.11 Å². The summed E-state index contributed by atoms with van der Waals surface area (Å²) >= 11 is 0. The lowest BCUT2D eigenvalue weighted by Crippen LogP contribution is -2.42. The van der Waals surface area contributed by atoms with Gasteiger partial charge in [-0.15, -0.1) is 6.42 Å². The number of hydrogen-bond donors (Lipinski definition) is 2. The van der Waals surface area contributed by atoms with E-state index in [2.05, 4.69) is 23.1 Å². The normalized spacial score (nSPS) is 20.1. The molecule has 0 aromatic carbocycles. The van der Waals surface area contributed by atoms with Gasteiger partial charge in [-0.3, -0.25) is 4.90 Å². The third-order valence-electron chi connectivity index (χ3n) is 3.52. The van der Waals surface area contributed by atoms with Crippen LogP contribution in [0.1, 0.15) is 32.6 Å². The number of terminal acetylenes is 1. The fourth-order valence-corrected chi connectivity index (χ4v) is 2.27. The van der Waals surface area contributed by atoms with Gasteiger partial charge in [0.15, 0.2) is 0 Å². The number of rotatable bonds is 7. The Morgan fingerprint density at radius 3 is 2.76 bits per heavy atom. The number of hydrogen-bond acceptors (Lipinski definition) is 3. The second-order valence-corrected chi connectivity index (χ2v) is 5.14. The molecule has 3 nitrogen and oxygen atoms in total. The Bertz CT molecular complexity index is 229. The number of nitrogens with zero attached hydrogens (tertiary/aromatic N) is 1. The van der Waals surface area contributed by atoms with Crippen LogP contribution in [0.5, 0.6) is 0 Å². The number of piperidine rings is 1. The van der Waals surface area contributed by atoms with E-state index in [1.807, 2.05) is 0 Å². The van der Waals surface area contributed by atoms with E-state index in [0.29, 0.717) is 18.6 Å². The van der Waals surface area contributed by atoms with Crippen molar-refractivity contribution >= 4 is 0 Å². The van der Waals surface area contributed by atoms with Gasteiger partial charge in [0.1, 0.15) is 0 Å². The minimum absolute atomic E-state index is 0.310. The second-order valence-electron chi connectivity index (χ2n) is 5.14. The van der Waals surface area contributed by atoms with Crippen molar-refractivity contribution in [1.29, 1.82) is 0 Å². The zero-order chi connectivity index (χ0) is 12.5. The van der Waals surface area contributed by atoms with Crippen LogP contribution in [0.15, 0.2) is 0 Å². The predicted molar refractivity (Wildman–Crippen MR) is 71.8 cm³/mol. The van der Waals surface area contributed by atoms with Gasteiger partial charge in [0.2, 0.25) is 0 Å². The van der Waals surface area contributed by atoms with Crippen LogP contribution in [0.3, 0.4) is 0 Å². The Hall–Kier alpha value is -0.560. The van der Waals surface area contributed by atoms with Crippen LogP contribution in [0.4, 0.5) is 0 Å². The summed E-state index contributed by atoms with van der Waals surface area (Å²) < 4.78 is 0. The van der Waals surface area contributed by atoms with Gasteiger partial charge in [-0.05, 0) is 38.1 Å². The summed E-state index contributed by atoms with van der Waals surface area (Å²) in [6, 6.07) is 0.661. The smallest absolute Gasteiger partial charge is 0.0598 e. The molecule has 0 spiro atoms. The minimum atomic E-state index is 0.310. The Balaban J connectivity index is 2.01. The first-order valence-corrected chi connectivity index (χ1v) is 6.76. The summed E-state index contributed by atoms with van der Waals surface area (Å²) in [5.74, 6) is 3.14. The minimum Gasteiger partial charge on any atom is -0.396 e. The Kier molecular flexibility index (Phi) is 7.27. The van der Waals surface area contributed by atoms with Gasteiger partial charge < -0.3 is 10.4 Å². The highest BCUT2D eigenvalue weighted by Crippen LogP contribution is 2.10. The molecule has 1 unspecified atom stereocenters. The van der Waals surface area contributed by atoms with Gasteiger partial charge >= 0.3 is 0 Å². The van der Waals surface area contributed by atoms with Crippen LogP contribution in [-0.4, -0.2) is 48.8 Å². The Morgan fingerprint density at radius 1 is 1.47 bits per heavy atom. The molecule has 0 aromatic heterocycles. The van der Waals surface area contributed by atoms with E-state index in [4.69, 9.17) is 11.5 Å². The van der Waals surface area contributed by atoms with Crippen molar-refractivity contribution in [2.45, 2.75) is 38.6 Å². The molecule has 0 saturated carbocycles. The molecular weight excluding hydrogens is 212 g/mol. The number of nitrogens with one attached hydrogen (secondary N) is 1. The van der Waals surface area contributed by atoms with Gasteiger partial charge in [0, 0.05) is 25.7 Å². The highest BCUT2D eigenvalue weighted by atomic mass is 16.3. The van der Waals surface area contributed by atoms with Crippen molar-refractivity contribution in [2.75, 3.05) is 32.8 Å². The molecule has 0 aromatic rings. The lowest BCUT2D eigenvalue weighted by molar-refractivity contribution is 0.212. The maximum atomic E-state index is 8.92. The van der Waals surface area contributed by atoms with Gasteiger partial charge in [-0.2, -0.15) is 0 Å². The molecule has 1 heterocycles. The molecule has 98 valence electrons. The van der Waals surface area contributed by atoms with Crippen molar-refractivity contribution in [1.82, 2.24) is 10.2 Å². The predicted octanol–water partition coefficient (Wildman–Crippen LogP) is 1.08. The zero-order valence-electron chi connectivity index (χ0n) is 11.0. The average Bonchev–Trinajstić information content (AvgIpc) is 2.36. The van der Waals surface area contributed by atoms with E-state index in [-0.39, 0.29) is 0 Å². The standard InChI is InChI=1S/C14H26N2O/c1-3-9-16-10-6-14(7-11-16)15-8-4-5-13(2)12-17/h1,13-15,17H,4-12H2,2H3. The van der Waals surface area contributed by atoms with Crippen LogP contribution in [-0.2, 0) is 0 Å². The highest BCUT2D eigenvalue weighted by molar-refractivity contribution is 4.90. The van der Waals surface area contributed by atoms with Crippen LogP contribution < -0.4 is 5.32 Å². The third kappa shape index (κ3) is 6.07. The second kappa shape index (κ2) is 8.52. The maximum Gasteiger partial charge on any atom is 0.0598 e. The molecule has 3 heteroatoms. The molecule has 1 rings (SSSR count). The molecule has 0 amide bonds. The fourth-order valence-electron chi connectivity index (χ4n) is 2.27. The molecule has 0 radical (unpaired) electrons. The zero-order valence-corrected chi connectivity index (χ0v) is 11.0. The van der Waals surface area contributed by atoms with Crippen molar-refractivity contribution in [3.8, 4) is 12.3 Å². The van der Waals surface area contributed by atoms with Crippen LogP contribution in [0, 0.1) is 18.3 Å². The first-order valence-electron chi connectivity index (χ1n) is 6.76. The molecule has 1 aliphatic heterocycles. The molecule has 1 saturated heterocycles. The van der Waals surface area contributed by atoms with Gasteiger partial charge in [-0.25, -0.2) is 0 Å². The quantitative estimate of drug-likeness (QED) is 0.515. The summed E-state index contributed by atoms with van der Waals surface area (Å²) in [7, 11) is 0. The number of aliphatic hydroxyl groups is 1. The summed E-state index contributed by atoms with van der Waals surface area (Å²) in [6.45, 7) is 6.51. The summed E-state index contributed by atoms with van der Waals surface area (Å²) in [6.07, 6.45) is 9.99. The molecule has 0 aliphatic carbocycles. The van der Waals surface area contributed by atoms with E-state index in [1.165, 1.54) is 12.8 Å². The molecular formula is C14H26N2O. The van der Waals surface area contributed by atoms with Gasteiger partial charge in [0.25, 0.3) is 0 Å². The van der Waals surface area contributed by atoms with Crippen molar-refractivity contribution in [2.24, 2.45) is 5.92 Å². The lowest BCUT2D eigenvalue weighted by Gasteiger charge is -2.31. The first-order chi connectivity index (χ1) is 8.26. The highest BCUT2D eigenvalue weighted by Gasteiger charge is 2.17. The number of likely N-dealkylation sites (tertiary alicyclic amines) is 1. The van der Waals surface area contributed by atoms with Crippen LogP contribution in [0.25, 0.3) is 0 Å². The van der Waals surface area contributed by atoms with Crippen molar-refractivity contribution in [3.63, 3.8) is 0 Å². The number of aliphatic hydroxyl groups excluding tert-OH is 1. The van der Waals surface area contributed by atoms with Gasteiger partial charge in [0.05, 0.1) is 6.54 Å². The Labute approximate surface area is 106 Å². The van der Waals surface area contributed by atoms with E-state index in [9.17, 15) is 0 Å². The average molecular weight is 238 g/mol.